The second-order valence-electron chi connectivity index (χ2n) is 10.8. The Morgan fingerprint density at radius 3 is 2.62 bits per heavy atom. The number of halogens is 4. The maximum atomic E-state index is 14.9. The van der Waals surface area contributed by atoms with Crippen molar-refractivity contribution in [3.05, 3.63) is 89.4 Å². The molecule has 0 saturated carbocycles. The summed E-state index contributed by atoms with van der Waals surface area (Å²) in [5.74, 6) is -5.42. The molecule has 1 aliphatic carbocycles. The highest BCUT2D eigenvalue weighted by molar-refractivity contribution is 5.99. The number of benzene rings is 2. The highest BCUT2D eigenvalue weighted by Crippen LogP contribution is 2.50. The van der Waals surface area contributed by atoms with Gasteiger partial charge in [0.2, 0.25) is 11.8 Å². The first-order chi connectivity index (χ1) is 21.6. The third-order valence-electron chi connectivity index (χ3n) is 8.07. The van der Waals surface area contributed by atoms with Gasteiger partial charge in [-0.3, -0.25) is 19.4 Å². The maximum absolute atomic E-state index is 14.9. The molecular weight excluding hydrogens is 598 g/mol. The van der Waals surface area contributed by atoms with Crippen molar-refractivity contribution in [3.63, 3.8) is 0 Å². The molecule has 3 atom stereocenters. The Morgan fingerprint density at radius 1 is 1.09 bits per heavy atom. The van der Waals surface area contributed by atoms with Crippen LogP contribution in [0.5, 0.6) is 0 Å². The molecule has 0 bridgehead atoms. The average molecular weight is 626 g/mol. The first-order valence-electron chi connectivity index (χ1n) is 14.0. The van der Waals surface area contributed by atoms with E-state index in [1.807, 2.05) is 0 Å². The monoisotopic (exact) mass is 625 g/mol. The quantitative estimate of drug-likeness (QED) is 0.211. The number of carbonyl (C=O) groups excluding carboxylic acids is 3. The fraction of sp³-hybridized carbons (Fsp3) is 0.290. The fourth-order valence-corrected chi connectivity index (χ4v) is 5.92. The van der Waals surface area contributed by atoms with Gasteiger partial charge < -0.3 is 30.4 Å². The summed E-state index contributed by atoms with van der Waals surface area (Å²) in [4.78, 5) is 47.7. The summed E-state index contributed by atoms with van der Waals surface area (Å²) in [6.07, 6.45) is 1.76. The highest BCUT2D eigenvalue weighted by atomic mass is 19.3. The highest BCUT2D eigenvalue weighted by Gasteiger charge is 2.44. The van der Waals surface area contributed by atoms with Gasteiger partial charge in [-0.1, -0.05) is 30.3 Å². The van der Waals surface area contributed by atoms with E-state index < -0.39 is 61.6 Å². The van der Waals surface area contributed by atoms with E-state index in [1.54, 1.807) is 30.6 Å². The Kier molecular flexibility index (Phi) is 8.01. The molecule has 45 heavy (non-hydrogen) atoms. The number of carbonyl (C=O) groups is 3. The smallest absolute Gasteiger partial charge is 0.345 e. The van der Waals surface area contributed by atoms with Crippen molar-refractivity contribution in [1.29, 1.82) is 0 Å². The molecule has 6 rings (SSSR count). The minimum atomic E-state index is -3.22. The lowest BCUT2D eigenvalue weighted by Gasteiger charge is -2.25. The van der Waals surface area contributed by atoms with E-state index in [4.69, 9.17) is 0 Å². The van der Waals surface area contributed by atoms with E-state index in [1.165, 1.54) is 36.4 Å². The van der Waals surface area contributed by atoms with Gasteiger partial charge in [0.25, 0.3) is 11.8 Å². The van der Waals surface area contributed by atoms with Crippen LogP contribution in [-0.2, 0) is 20.2 Å². The molecule has 4 aromatic rings. The van der Waals surface area contributed by atoms with Crippen molar-refractivity contribution in [2.75, 3.05) is 19.7 Å². The molecular formula is C31H27F4N5O5. The van der Waals surface area contributed by atoms with Crippen LogP contribution in [0.3, 0.4) is 0 Å². The van der Waals surface area contributed by atoms with Crippen molar-refractivity contribution in [3.8, 4) is 11.1 Å². The van der Waals surface area contributed by atoms with Gasteiger partial charge in [-0.2, -0.15) is 17.6 Å². The van der Waals surface area contributed by atoms with Crippen LogP contribution >= 0.6 is 0 Å². The van der Waals surface area contributed by atoms with E-state index in [2.05, 4.69) is 25.3 Å². The SMILES string of the molecule is O=C(NCC(=O)N1C[C@H](OC(F)F)C[C@H]1C(=O)NC(CO)c1cc2cnccc2[nH]1)c1ccc2c(c1)-c1ccccc1C2(F)F. The minimum Gasteiger partial charge on any atom is -0.394 e. The zero-order valence-electron chi connectivity index (χ0n) is 23.5. The zero-order valence-corrected chi connectivity index (χ0v) is 23.5. The van der Waals surface area contributed by atoms with Gasteiger partial charge in [-0.15, -0.1) is 0 Å². The van der Waals surface area contributed by atoms with Gasteiger partial charge >= 0.3 is 6.61 Å². The van der Waals surface area contributed by atoms with Crippen molar-refractivity contribution in [1.82, 2.24) is 25.5 Å². The summed E-state index contributed by atoms with van der Waals surface area (Å²) in [5.41, 5.74) is 1.30. The van der Waals surface area contributed by atoms with Crippen LogP contribution in [0.4, 0.5) is 17.6 Å². The predicted molar refractivity (Wildman–Crippen MR) is 152 cm³/mol. The topological polar surface area (TPSA) is 137 Å². The second-order valence-corrected chi connectivity index (χ2v) is 10.8. The molecule has 2 aromatic heterocycles. The zero-order chi connectivity index (χ0) is 31.9. The number of aromatic amines is 1. The number of hydrogen-bond acceptors (Lipinski definition) is 6. The standard InChI is InChI=1S/C31H27F4N5O5/c32-30(33)45-18-11-26(29(44)39-25(15-41)24-10-17-12-36-8-7-23(17)38-24)40(14-18)27(42)13-37-28(43)16-5-6-22-20(9-16)19-3-1-2-4-21(19)31(22,34)35/h1-10,12,18,25-26,30,38,41H,11,13-15H2,(H,37,43)(H,39,44)/t18-,25?,26+/m1/s1. The average Bonchev–Trinajstić information content (AvgIpc) is 3.71. The number of aliphatic hydroxyl groups excluding tert-OH is 1. The molecule has 14 heteroatoms. The number of pyridine rings is 1. The molecule has 3 amide bonds. The number of aliphatic hydroxyl groups is 1. The predicted octanol–water partition coefficient (Wildman–Crippen LogP) is 3.47. The summed E-state index contributed by atoms with van der Waals surface area (Å²) >= 11 is 0. The number of likely N-dealkylation sites (tertiary alicyclic amines) is 1. The van der Waals surface area contributed by atoms with E-state index >= 15 is 0 Å². The molecule has 10 nitrogen and oxygen atoms in total. The minimum absolute atomic E-state index is 0.0306. The fourth-order valence-electron chi connectivity index (χ4n) is 5.92. The van der Waals surface area contributed by atoms with Crippen LogP contribution < -0.4 is 10.6 Å². The lowest BCUT2D eigenvalue weighted by molar-refractivity contribution is -0.160. The molecule has 0 spiro atoms. The Bertz CT molecular complexity index is 1750. The number of amides is 3. The Labute approximate surface area is 253 Å². The van der Waals surface area contributed by atoms with E-state index in [-0.39, 0.29) is 35.2 Å². The van der Waals surface area contributed by atoms with Crippen molar-refractivity contribution in [2.24, 2.45) is 0 Å². The van der Waals surface area contributed by atoms with Crippen LogP contribution in [0.1, 0.15) is 39.6 Å². The van der Waals surface area contributed by atoms with Gasteiger partial charge in [0, 0.05) is 58.6 Å². The van der Waals surface area contributed by atoms with Gasteiger partial charge in [-0.25, -0.2) is 0 Å². The number of aromatic nitrogens is 2. The number of nitrogens with one attached hydrogen (secondary N) is 3. The van der Waals surface area contributed by atoms with Crippen LogP contribution in [0.15, 0.2) is 67.0 Å². The van der Waals surface area contributed by atoms with E-state index in [0.29, 0.717) is 16.8 Å². The van der Waals surface area contributed by atoms with Crippen LogP contribution in [-0.4, -0.2) is 76.1 Å². The molecule has 1 aliphatic heterocycles. The van der Waals surface area contributed by atoms with Gasteiger partial charge in [0.05, 0.1) is 25.3 Å². The lowest BCUT2D eigenvalue weighted by atomic mass is 10.0. The van der Waals surface area contributed by atoms with Crippen molar-refractivity contribution >= 4 is 28.6 Å². The number of fused-ring (bicyclic) bond motifs is 4. The number of alkyl halides is 4. The van der Waals surface area contributed by atoms with E-state index in [9.17, 15) is 37.1 Å². The summed E-state index contributed by atoms with van der Waals surface area (Å²) in [6, 6.07) is 11.0. The third kappa shape index (κ3) is 5.73. The number of rotatable bonds is 9. The summed E-state index contributed by atoms with van der Waals surface area (Å²) in [5, 5.41) is 15.8. The Balaban J connectivity index is 1.15. The lowest BCUT2D eigenvalue weighted by Crippen LogP contribution is -2.50. The molecule has 2 aromatic carbocycles. The van der Waals surface area contributed by atoms with Crippen LogP contribution in [0.2, 0.25) is 0 Å². The number of hydrogen-bond donors (Lipinski definition) is 4. The van der Waals surface area contributed by atoms with E-state index in [0.717, 1.165) is 10.3 Å². The van der Waals surface area contributed by atoms with Gasteiger partial charge in [0.1, 0.15) is 6.04 Å². The number of ether oxygens (including phenoxy) is 1. The molecule has 3 heterocycles. The first kappa shape index (κ1) is 30.2. The summed E-state index contributed by atoms with van der Waals surface area (Å²) < 4.78 is 60.4. The first-order valence-corrected chi connectivity index (χ1v) is 14.0. The second kappa shape index (κ2) is 11.9. The Hall–Kier alpha value is -4.82. The van der Waals surface area contributed by atoms with Gasteiger partial charge in [0.15, 0.2) is 0 Å². The van der Waals surface area contributed by atoms with Gasteiger partial charge in [-0.05, 0) is 35.4 Å². The largest absolute Gasteiger partial charge is 0.394 e. The molecule has 0 radical (unpaired) electrons. The molecule has 234 valence electrons. The molecule has 1 fully saturated rings. The normalized spacial score (nSPS) is 18.9. The number of H-pyrrole nitrogens is 1. The molecule has 4 N–H and O–H groups in total. The number of nitrogens with zero attached hydrogens (tertiary/aromatic N) is 2. The maximum Gasteiger partial charge on any atom is 0.345 e. The summed E-state index contributed by atoms with van der Waals surface area (Å²) in [7, 11) is 0. The molecule has 2 aliphatic rings. The van der Waals surface area contributed by atoms with Crippen molar-refractivity contribution < 1.29 is 41.8 Å². The molecule has 1 unspecified atom stereocenters. The summed E-state index contributed by atoms with van der Waals surface area (Å²) in [6.45, 7) is -4.59. The van der Waals surface area contributed by atoms with Crippen LogP contribution in [0, 0.1) is 0 Å². The van der Waals surface area contributed by atoms with Crippen LogP contribution in [0.25, 0.3) is 22.0 Å². The molecule has 1 saturated heterocycles. The third-order valence-corrected chi connectivity index (χ3v) is 8.07. The van der Waals surface area contributed by atoms with Crippen molar-refractivity contribution in [2.45, 2.75) is 37.1 Å². The Morgan fingerprint density at radius 2 is 1.87 bits per heavy atom.